The second kappa shape index (κ2) is 23.8. The van der Waals surface area contributed by atoms with Crippen molar-refractivity contribution < 1.29 is 19.1 Å². The van der Waals surface area contributed by atoms with Gasteiger partial charge in [0.1, 0.15) is 12.7 Å². The van der Waals surface area contributed by atoms with Crippen LogP contribution in [0.4, 0.5) is 0 Å². The van der Waals surface area contributed by atoms with Crippen molar-refractivity contribution in [1.82, 2.24) is 0 Å². The maximum atomic E-state index is 11.8. The van der Waals surface area contributed by atoms with Crippen LogP contribution in [-0.4, -0.2) is 24.6 Å². The maximum absolute atomic E-state index is 11.8. The lowest BCUT2D eigenvalue weighted by atomic mass is 10.0. The van der Waals surface area contributed by atoms with E-state index in [1.54, 1.807) is 13.8 Å². The van der Waals surface area contributed by atoms with Gasteiger partial charge in [-0.25, -0.2) is 4.79 Å². The quantitative estimate of drug-likeness (QED) is 0.0809. The molecule has 0 N–H and O–H groups in total. The minimum atomic E-state index is -0.447. The topological polar surface area (TPSA) is 52.6 Å². The predicted molar refractivity (Wildman–Crippen MR) is 139 cm³/mol. The molecule has 0 aliphatic rings. The van der Waals surface area contributed by atoms with E-state index >= 15 is 0 Å². The number of rotatable bonds is 24. The third-order valence-electron chi connectivity index (χ3n) is 6.12. The number of esters is 2. The first-order valence-electron chi connectivity index (χ1n) is 14.0. The molecule has 0 aromatic rings. The lowest BCUT2D eigenvalue weighted by molar-refractivity contribution is -0.155. The van der Waals surface area contributed by atoms with Crippen molar-refractivity contribution in [2.45, 2.75) is 155 Å². The Balaban J connectivity index is 3.27. The van der Waals surface area contributed by atoms with Crippen molar-refractivity contribution in [3.63, 3.8) is 0 Å². The lowest BCUT2D eigenvalue weighted by Gasteiger charge is -2.13. The second-order valence-corrected chi connectivity index (χ2v) is 9.79. The zero-order valence-electron chi connectivity index (χ0n) is 22.3. The van der Waals surface area contributed by atoms with Crippen molar-refractivity contribution in [3.8, 4) is 0 Å². The van der Waals surface area contributed by atoms with E-state index in [1.165, 1.54) is 109 Å². The van der Waals surface area contributed by atoms with Gasteiger partial charge in [-0.05, 0) is 20.3 Å². The molecule has 0 spiro atoms. The molecule has 0 fully saturated rings. The van der Waals surface area contributed by atoms with Gasteiger partial charge in [0, 0.05) is 12.0 Å². The Kier molecular flexibility index (Phi) is 22.9. The van der Waals surface area contributed by atoms with Gasteiger partial charge in [-0.15, -0.1) is 0 Å². The van der Waals surface area contributed by atoms with Crippen LogP contribution in [0.1, 0.15) is 149 Å². The van der Waals surface area contributed by atoms with Crippen LogP contribution in [0.25, 0.3) is 0 Å². The molecule has 0 aromatic carbocycles. The maximum Gasteiger partial charge on any atom is 0.333 e. The first kappa shape index (κ1) is 31.7. The molecule has 1 unspecified atom stereocenters. The molecule has 0 aliphatic heterocycles. The standard InChI is InChI=1S/C29H54O4/c1-5-6-7-8-9-10-11-12-13-14-15-16-17-18-19-20-21-22-23-24-28(30)32-25-27(4)33-29(31)26(2)3/h27H,2,5-25H2,1,3-4H3. The molecule has 0 aliphatic carbocycles. The van der Waals surface area contributed by atoms with Crippen molar-refractivity contribution in [3.05, 3.63) is 12.2 Å². The van der Waals surface area contributed by atoms with Crippen LogP contribution in [0, 0.1) is 0 Å². The fourth-order valence-electron chi connectivity index (χ4n) is 3.95. The van der Waals surface area contributed by atoms with E-state index < -0.39 is 12.1 Å². The molecular formula is C29H54O4. The molecule has 0 heterocycles. The number of unbranched alkanes of at least 4 members (excludes halogenated alkanes) is 18. The third kappa shape index (κ3) is 23.6. The Morgan fingerprint density at radius 1 is 0.667 bits per heavy atom. The normalized spacial score (nSPS) is 11.8. The van der Waals surface area contributed by atoms with Gasteiger partial charge >= 0.3 is 11.9 Å². The molecule has 194 valence electrons. The van der Waals surface area contributed by atoms with Crippen LogP contribution >= 0.6 is 0 Å². The molecule has 0 bridgehead atoms. The van der Waals surface area contributed by atoms with E-state index in [4.69, 9.17) is 9.47 Å². The highest BCUT2D eigenvalue weighted by Crippen LogP contribution is 2.15. The average molecular weight is 467 g/mol. The second-order valence-electron chi connectivity index (χ2n) is 9.79. The van der Waals surface area contributed by atoms with Crippen LogP contribution in [0.5, 0.6) is 0 Å². The average Bonchev–Trinajstić information content (AvgIpc) is 2.79. The van der Waals surface area contributed by atoms with Gasteiger partial charge < -0.3 is 9.47 Å². The van der Waals surface area contributed by atoms with E-state index in [0.717, 1.165) is 12.8 Å². The van der Waals surface area contributed by atoms with Gasteiger partial charge in [0.25, 0.3) is 0 Å². The zero-order chi connectivity index (χ0) is 24.6. The molecule has 0 saturated carbocycles. The van der Waals surface area contributed by atoms with Crippen molar-refractivity contribution in [2.24, 2.45) is 0 Å². The minimum Gasteiger partial charge on any atom is -0.462 e. The molecular weight excluding hydrogens is 412 g/mol. The highest BCUT2D eigenvalue weighted by molar-refractivity contribution is 5.87. The van der Waals surface area contributed by atoms with Gasteiger partial charge in [0.2, 0.25) is 0 Å². The van der Waals surface area contributed by atoms with Crippen LogP contribution in [0.3, 0.4) is 0 Å². The van der Waals surface area contributed by atoms with Gasteiger partial charge in [0.15, 0.2) is 0 Å². The number of carbonyl (C=O) groups excluding carboxylic acids is 2. The molecule has 0 radical (unpaired) electrons. The van der Waals surface area contributed by atoms with Gasteiger partial charge in [-0.1, -0.05) is 129 Å². The lowest BCUT2D eigenvalue weighted by Crippen LogP contribution is -2.22. The van der Waals surface area contributed by atoms with Crippen LogP contribution in [-0.2, 0) is 19.1 Å². The number of hydrogen-bond donors (Lipinski definition) is 0. The summed E-state index contributed by atoms with van der Waals surface area (Å²) < 4.78 is 10.3. The van der Waals surface area contributed by atoms with Crippen molar-refractivity contribution in [1.29, 1.82) is 0 Å². The summed E-state index contributed by atoms with van der Waals surface area (Å²) in [5.74, 6) is -0.655. The van der Waals surface area contributed by atoms with Crippen molar-refractivity contribution in [2.75, 3.05) is 6.61 Å². The summed E-state index contributed by atoms with van der Waals surface area (Å²) in [4.78, 5) is 23.2. The molecule has 0 aromatic heterocycles. The molecule has 33 heavy (non-hydrogen) atoms. The molecule has 0 saturated heterocycles. The summed E-state index contributed by atoms with van der Waals surface area (Å²) in [7, 11) is 0. The Morgan fingerprint density at radius 3 is 1.39 bits per heavy atom. The summed E-state index contributed by atoms with van der Waals surface area (Å²) in [5.41, 5.74) is 0.349. The monoisotopic (exact) mass is 466 g/mol. The first-order chi connectivity index (χ1) is 16.0. The summed E-state index contributed by atoms with van der Waals surface area (Å²) in [6.07, 6.45) is 25.5. The Hall–Kier alpha value is -1.32. The minimum absolute atomic E-state index is 0.108. The molecule has 4 nitrogen and oxygen atoms in total. The van der Waals surface area contributed by atoms with Crippen LogP contribution < -0.4 is 0 Å². The Bertz CT molecular complexity index is 486. The number of carbonyl (C=O) groups is 2. The summed E-state index contributed by atoms with van der Waals surface area (Å²) in [6, 6.07) is 0. The van der Waals surface area contributed by atoms with E-state index in [-0.39, 0.29) is 12.6 Å². The summed E-state index contributed by atoms with van der Waals surface area (Å²) >= 11 is 0. The van der Waals surface area contributed by atoms with Gasteiger partial charge in [0.05, 0.1) is 0 Å². The third-order valence-corrected chi connectivity index (χ3v) is 6.12. The highest BCUT2D eigenvalue weighted by atomic mass is 16.6. The van der Waals surface area contributed by atoms with E-state index in [9.17, 15) is 9.59 Å². The Labute approximate surface area is 205 Å². The van der Waals surface area contributed by atoms with Crippen LogP contribution in [0.2, 0.25) is 0 Å². The van der Waals surface area contributed by atoms with E-state index in [2.05, 4.69) is 13.5 Å². The fraction of sp³-hybridized carbons (Fsp3) is 0.862. The van der Waals surface area contributed by atoms with E-state index in [0.29, 0.717) is 12.0 Å². The highest BCUT2D eigenvalue weighted by Gasteiger charge is 2.12. The number of hydrogen-bond acceptors (Lipinski definition) is 4. The van der Waals surface area contributed by atoms with Gasteiger partial charge in [-0.3, -0.25) is 4.79 Å². The summed E-state index contributed by atoms with van der Waals surface area (Å²) in [6.45, 7) is 9.23. The predicted octanol–water partition coefficient (Wildman–Crippen LogP) is 8.86. The first-order valence-corrected chi connectivity index (χ1v) is 14.0. The Morgan fingerprint density at radius 2 is 1.03 bits per heavy atom. The van der Waals surface area contributed by atoms with E-state index in [1.807, 2.05) is 0 Å². The summed E-state index contributed by atoms with van der Waals surface area (Å²) in [5, 5.41) is 0. The largest absolute Gasteiger partial charge is 0.462 e. The zero-order valence-corrected chi connectivity index (χ0v) is 22.3. The van der Waals surface area contributed by atoms with Crippen molar-refractivity contribution >= 4 is 11.9 Å². The fourth-order valence-corrected chi connectivity index (χ4v) is 3.95. The molecule has 0 rings (SSSR count). The smallest absolute Gasteiger partial charge is 0.333 e. The van der Waals surface area contributed by atoms with Gasteiger partial charge in [-0.2, -0.15) is 0 Å². The SMILES string of the molecule is C=C(C)C(=O)OC(C)COC(=O)CCCCCCCCCCCCCCCCCCCCC. The molecule has 1 atom stereocenters. The van der Waals surface area contributed by atoms with Crippen LogP contribution in [0.15, 0.2) is 12.2 Å². The number of ether oxygens (including phenoxy) is 2. The molecule has 0 amide bonds. The molecule has 4 heteroatoms.